The Morgan fingerprint density at radius 3 is 2.56 bits per heavy atom. The molecule has 0 aliphatic rings. The van der Waals surface area contributed by atoms with Crippen molar-refractivity contribution < 1.29 is 35.9 Å². The summed E-state index contributed by atoms with van der Waals surface area (Å²) >= 11 is 0. The highest BCUT2D eigenvalue weighted by molar-refractivity contribution is 7.90. The van der Waals surface area contributed by atoms with Gasteiger partial charge < -0.3 is 14.8 Å². The summed E-state index contributed by atoms with van der Waals surface area (Å²) in [6, 6.07) is 7.17. The summed E-state index contributed by atoms with van der Waals surface area (Å²) in [5, 5.41) is 6.95. The average Bonchev–Trinajstić information content (AvgIpc) is 3.15. The number of esters is 1. The standard InChI is InChI=1S/C22H20F3N3O5S/c1-32-20-11-15(34(3,30)31)6-7-18(20)26-8-4-5-14-9-16(21(29)33-2)17-12-27-28(19(17)10-14)13-22(23,24)25/h6-7,9-12,26H,8,13H2,1-3H3. The number of ether oxygens (including phenoxy) is 2. The van der Waals surface area contributed by atoms with Crippen molar-refractivity contribution in [2.24, 2.45) is 0 Å². The number of nitrogens with one attached hydrogen (secondary N) is 1. The van der Waals surface area contributed by atoms with E-state index in [0.717, 1.165) is 10.9 Å². The lowest BCUT2D eigenvalue weighted by molar-refractivity contribution is -0.141. The number of rotatable bonds is 6. The lowest BCUT2D eigenvalue weighted by Gasteiger charge is -2.10. The van der Waals surface area contributed by atoms with Crippen LogP contribution in [-0.4, -0.2) is 57.4 Å². The minimum atomic E-state index is -4.50. The summed E-state index contributed by atoms with van der Waals surface area (Å²) in [4.78, 5) is 12.3. The quantitative estimate of drug-likeness (QED) is 0.414. The third kappa shape index (κ3) is 5.79. The second-order valence-electron chi connectivity index (χ2n) is 7.16. The zero-order valence-electron chi connectivity index (χ0n) is 18.4. The Hall–Kier alpha value is -3.72. The summed E-state index contributed by atoms with van der Waals surface area (Å²) in [6.07, 6.45) is -2.24. The van der Waals surface area contributed by atoms with Crippen LogP contribution >= 0.6 is 0 Å². The van der Waals surface area contributed by atoms with Gasteiger partial charge in [0.15, 0.2) is 9.84 Å². The van der Waals surface area contributed by atoms with Crippen molar-refractivity contribution in [3.8, 4) is 17.6 Å². The molecule has 0 unspecified atom stereocenters. The number of carbonyl (C=O) groups is 1. The highest BCUT2D eigenvalue weighted by Crippen LogP contribution is 2.28. The van der Waals surface area contributed by atoms with E-state index in [2.05, 4.69) is 22.3 Å². The van der Waals surface area contributed by atoms with Gasteiger partial charge in [-0.3, -0.25) is 4.68 Å². The van der Waals surface area contributed by atoms with Gasteiger partial charge in [-0.2, -0.15) is 18.3 Å². The number of fused-ring (bicyclic) bond motifs is 1. The Labute approximate surface area is 193 Å². The van der Waals surface area contributed by atoms with Crippen LogP contribution in [0.2, 0.25) is 0 Å². The van der Waals surface area contributed by atoms with Gasteiger partial charge >= 0.3 is 12.1 Å². The summed E-state index contributed by atoms with van der Waals surface area (Å²) in [7, 11) is -0.846. The molecule has 1 N–H and O–H groups in total. The molecule has 3 rings (SSSR count). The molecule has 0 radical (unpaired) electrons. The largest absolute Gasteiger partial charge is 0.495 e. The SMILES string of the molecule is COC(=O)c1cc(C#CCNc2ccc(S(C)(=O)=O)cc2OC)cc2c1cnn2CC(F)(F)F. The highest BCUT2D eigenvalue weighted by Gasteiger charge is 2.29. The predicted molar refractivity (Wildman–Crippen MR) is 119 cm³/mol. The van der Waals surface area contributed by atoms with Crippen LogP contribution in [0.5, 0.6) is 5.75 Å². The van der Waals surface area contributed by atoms with Gasteiger partial charge in [-0.25, -0.2) is 13.2 Å². The first-order valence-electron chi connectivity index (χ1n) is 9.68. The minimum absolute atomic E-state index is 0.0451. The van der Waals surface area contributed by atoms with E-state index in [1.54, 1.807) is 0 Å². The summed E-state index contributed by atoms with van der Waals surface area (Å²) in [5.41, 5.74) is 0.926. The molecule has 12 heteroatoms. The van der Waals surface area contributed by atoms with Crippen LogP contribution < -0.4 is 10.1 Å². The van der Waals surface area contributed by atoms with Crippen LogP contribution in [0.15, 0.2) is 41.4 Å². The third-order valence-corrected chi connectivity index (χ3v) is 5.81. The van der Waals surface area contributed by atoms with Crippen molar-refractivity contribution >= 4 is 32.4 Å². The zero-order valence-corrected chi connectivity index (χ0v) is 19.2. The number of alkyl halides is 3. The molecule has 1 heterocycles. The maximum Gasteiger partial charge on any atom is 0.408 e. The van der Waals surface area contributed by atoms with Crippen molar-refractivity contribution in [3.05, 3.63) is 47.7 Å². The maximum absolute atomic E-state index is 12.9. The van der Waals surface area contributed by atoms with Gasteiger partial charge in [0.25, 0.3) is 0 Å². The average molecular weight is 495 g/mol. The lowest BCUT2D eigenvalue weighted by Crippen LogP contribution is -2.18. The van der Waals surface area contributed by atoms with Crippen molar-refractivity contribution in [2.45, 2.75) is 17.6 Å². The Morgan fingerprint density at radius 1 is 1.21 bits per heavy atom. The summed E-state index contributed by atoms with van der Waals surface area (Å²) in [5.74, 6) is 5.19. The Morgan fingerprint density at radius 2 is 1.94 bits per heavy atom. The van der Waals surface area contributed by atoms with Crippen molar-refractivity contribution in [3.63, 3.8) is 0 Å². The zero-order chi connectivity index (χ0) is 25.1. The van der Waals surface area contributed by atoms with Gasteiger partial charge in [-0.15, -0.1) is 0 Å². The van der Waals surface area contributed by atoms with Crippen LogP contribution in [0, 0.1) is 11.8 Å². The Bertz CT molecular complexity index is 1400. The van der Waals surface area contributed by atoms with Crippen molar-refractivity contribution in [2.75, 3.05) is 32.3 Å². The fraction of sp³-hybridized carbons (Fsp3) is 0.273. The molecule has 0 fully saturated rings. The van der Waals surface area contributed by atoms with Gasteiger partial charge in [0.2, 0.25) is 0 Å². The molecule has 0 spiro atoms. The first kappa shape index (κ1) is 24.9. The van der Waals surface area contributed by atoms with Gasteiger partial charge in [0, 0.05) is 23.3 Å². The second kappa shape index (κ2) is 9.64. The number of sulfone groups is 1. The van der Waals surface area contributed by atoms with E-state index >= 15 is 0 Å². The molecule has 1 aromatic heterocycles. The Kier molecular flexibility index (Phi) is 7.07. The number of hydrogen-bond donors (Lipinski definition) is 1. The smallest absolute Gasteiger partial charge is 0.408 e. The summed E-state index contributed by atoms with van der Waals surface area (Å²) in [6.45, 7) is -1.22. The van der Waals surface area contributed by atoms with Crippen LogP contribution in [0.25, 0.3) is 10.9 Å². The van der Waals surface area contributed by atoms with Crippen molar-refractivity contribution in [1.82, 2.24) is 9.78 Å². The Balaban J connectivity index is 1.89. The third-order valence-electron chi connectivity index (χ3n) is 4.70. The number of methoxy groups -OCH3 is 2. The maximum atomic E-state index is 12.9. The molecule has 8 nitrogen and oxygen atoms in total. The van der Waals surface area contributed by atoms with E-state index in [1.807, 2.05) is 0 Å². The number of nitrogens with zero attached hydrogens (tertiary/aromatic N) is 2. The van der Waals surface area contributed by atoms with Crippen molar-refractivity contribution in [1.29, 1.82) is 0 Å². The molecule has 3 aromatic rings. The summed E-state index contributed by atoms with van der Waals surface area (Å²) < 4.78 is 72.8. The topological polar surface area (TPSA) is 99.5 Å². The molecule has 0 amide bonds. The molecule has 2 aromatic carbocycles. The van der Waals surface area contributed by atoms with Gasteiger partial charge in [0.05, 0.1) is 48.6 Å². The minimum Gasteiger partial charge on any atom is -0.495 e. The number of anilines is 1. The molecule has 0 atom stereocenters. The second-order valence-corrected chi connectivity index (χ2v) is 9.17. The molecule has 0 saturated carbocycles. The van der Waals surface area contributed by atoms with Crippen LogP contribution in [0.1, 0.15) is 15.9 Å². The molecular formula is C22H20F3N3O5S. The normalized spacial score (nSPS) is 11.6. The highest BCUT2D eigenvalue weighted by atomic mass is 32.2. The first-order valence-corrected chi connectivity index (χ1v) is 11.6. The van der Waals surface area contributed by atoms with E-state index in [0.29, 0.717) is 11.4 Å². The molecular weight excluding hydrogens is 475 g/mol. The van der Waals surface area contributed by atoms with E-state index in [4.69, 9.17) is 9.47 Å². The fourth-order valence-electron chi connectivity index (χ4n) is 3.16. The molecule has 34 heavy (non-hydrogen) atoms. The van der Waals surface area contributed by atoms with E-state index in [9.17, 15) is 26.4 Å². The first-order chi connectivity index (χ1) is 15.9. The van der Waals surface area contributed by atoms with Gasteiger partial charge in [0.1, 0.15) is 12.3 Å². The van der Waals surface area contributed by atoms with Crippen LogP contribution in [-0.2, 0) is 21.1 Å². The van der Waals surface area contributed by atoms with Gasteiger partial charge in [-0.05, 0) is 24.3 Å². The van der Waals surface area contributed by atoms with E-state index in [-0.39, 0.29) is 33.5 Å². The fourth-order valence-corrected chi connectivity index (χ4v) is 3.79. The van der Waals surface area contributed by atoms with E-state index < -0.39 is 28.5 Å². The monoisotopic (exact) mass is 495 g/mol. The number of hydrogen-bond acceptors (Lipinski definition) is 7. The molecule has 0 aliphatic carbocycles. The molecule has 180 valence electrons. The van der Waals surface area contributed by atoms with E-state index in [1.165, 1.54) is 50.7 Å². The molecule has 0 saturated heterocycles. The molecule has 0 aliphatic heterocycles. The van der Waals surface area contributed by atoms with Crippen LogP contribution in [0.3, 0.4) is 0 Å². The number of aromatic nitrogens is 2. The van der Waals surface area contributed by atoms with Gasteiger partial charge in [-0.1, -0.05) is 11.8 Å². The van der Waals surface area contributed by atoms with Crippen LogP contribution in [0.4, 0.5) is 18.9 Å². The predicted octanol–water partition coefficient (Wildman–Crippen LogP) is 3.26. The number of halogens is 3. The lowest BCUT2D eigenvalue weighted by atomic mass is 10.1. The number of benzene rings is 2. The molecule has 0 bridgehead atoms. The number of carbonyl (C=O) groups excluding carboxylic acids is 1.